The molecule has 0 spiro atoms. The maximum Gasteiger partial charge on any atom is 0.305 e. The third-order valence-corrected chi connectivity index (χ3v) is 11.4. The van der Waals surface area contributed by atoms with Gasteiger partial charge in [-0.1, -0.05) is 12.1 Å². The zero-order valence-electron chi connectivity index (χ0n) is 45.4. The molecule has 35 heteroatoms. The molecule has 0 saturated heterocycles. The molecule has 1 aromatic rings. The number of guanidine groups is 2. The van der Waals surface area contributed by atoms with E-state index < -0.39 is 177 Å². The number of phenolic OH excluding ortho intramolecular Hbond substituents is 1. The summed E-state index contributed by atoms with van der Waals surface area (Å²) in [6.07, 6.45) is -5.68. The number of nitrogens with zero attached hydrogens (tertiary/aromatic N) is 2. The molecule has 82 heavy (non-hydrogen) atoms. The van der Waals surface area contributed by atoms with Crippen LogP contribution in [0.15, 0.2) is 34.3 Å². The first kappa shape index (κ1) is 70.6. The van der Waals surface area contributed by atoms with Crippen LogP contribution in [0.5, 0.6) is 5.75 Å². The first-order chi connectivity index (χ1) is 38.5. The predicted molar refractivity (Wildman–Crippen MR) is 288 cm³/mol. The van der Waals surface area contributed by atoms with Crippen LogP contribution in [0.3, 0.4) is 0 Å². The number of carboxylic acids is 1. The second-order valence-corrected chi connectivity index (χ2v) is 18.3. The maximum atomic E-state index is 14.2. The number of nitrogens with two attached hydrogens (primary N) is 6. The summed E-state index contributed by atoms with van der Waals surface area (Å²) in [6.45, 7) is 0.252. The Labute approximate surface area is 469 Å². The van der Waals surface area contributed by atoms with Crippen molar-refractivity contribution in [1.82, 2.24) is 53.2 Å². The van der Waals surface area contributed by atoms with E-state index in [1.54, 1.807) is 0 Å². The van der Waals surface area contributed by atoms with Crippen molar-refractivity contribution in [1.29, 1.82) is 0 Å². The number of aliphatic imine (C=N–C) groups is 2. The molecule has 0 heterocycles. The van der Waals surface area contributed by atoms with Crippen LogP contribution in [0.25, 0.3) is 0 Å². The number of nitrogens with one attached hydrogen (secondary N) is 10. The number of primary amides is 2. The van der Waals surface area contributed by atoms with E-state index in [2.05, 4.69) is 57.8 Å². The summed E-state index contributed by atoms with van der Waals surface area (Å²) in [5.74, 6) is -14.8. The SMILES string of the molecule is CNC(=O)[C@H](Cc1ccc(O)cc1)NC(=O)[C@H](CCC(N)=O)NC(=O)[C@H](CCC(N)=O)NC(=O)[C@H](CCCN=C(N)N)NC(=O)[C@@H](NC(=O)[C@H](CC(=O)O)NC(=O)[C@H](CO)NC(=O)[C@H](CCCN=C(N)N)NC(=O)CNC(C)=O)[C@@H](C)O. The Kier molecular flexibility index (Phi) is 31.6. The van der Waals surface area contributed by atoms with Crippen LogP contribution in [-0.2, 0) is 68.7 Å². The van der Waals surface area contributed by atoms with E-state index in [1.807, 2.05) is 5.32 Å². The normalized spacial score (nSPS) is 14.0. The van der Waals surface area contributed by atoms with Crippen molar-refractivity contribution < 1.29 is 82.8 Å². The summed E-state index contributed by atoms with van der Waals surface area (Å²) in [5.41, 5.74) is 32.7. The summed E-state index contributed by atoms with van der Waals surface area (Å²) < 4.78 is 0. The summed E-state index contributed by atoms with van der Waals surface area (Å²) in [5, 5.41) is 63.1. The average Bonchev–Trinajstić information content (AvgIpc) is 3.39. The third-order valence-electron chi connectivity index (χ3n) is 11.4. The molecule has 1 rings (SSSR count). The van der Waals surface area contributed by atoms with Gasteiger partial charge < -0.3 is 108 Å². The van der Waals surface area contributed by atoms with Crippen LogP contribution in [0, 0.1) is 0 Å². The topological polar surface area (TPSA) is 604 Å². The molecular weight excluding hydrogens is 1090 g/mol. The van der Waals surface area contributed by atoms with E-state index in [0.29, 0.717) is 5.56 Å². The highest BCUT2D eigenvalue weighted by Gasteiger charge is 2.37. The number of carbonyl (C=O) groups excluding carboxylic acids is 12. The Bertz CT molecular complexity index is 2470. The molecular formula is C47H76N18O17. The van der Waals surface area contributed by atoms with Gasteiger partial charge in [-0.15, -0.1) is 0 Å². The molecule has 0 aromatic heterocycles. The number of rotatable bonds is 38. The Morgan fingerprint density at radius 1 is 0.537 bits per heavy atom. The Balaban J connectivity index is 3.53. The van der Waals surface area contributed by atoms with Crippen molar-refractivity contribution in [3.63, 3.8) is 0 Å². The van der Waals surface area contributed by atoms with Gasteiger partial charge in [0.25, 0.3) is 0 Å². The van der Waals surface area contributed by atoms with Crippen LogP contribution in [-0.4, -0.2) is 197 Å². The molecule has 0 aliphatic carbocycles. The average molecular weight is 1170 g/mol. The number of phenols is 1. The van der Waals surface area contributed by atoms with E-state index in [9.17, 15) is 82.8 Å². The highest BCUT2D eigenvalue weighted by Crippen LogP contribution is 2.13. The molecule has 1 aromatic carbocycles. The number of amides is 12. The number of hydrogen-bond acceptors (Lipinski definition) is 18. The fourth-order valence-electron chi connectivity index (χ4n) is 7.22. The number of aliphatic hydroxyl groups excluding tert-OH is 2. The van der Waals surface area contributed by atoms with E-state index in [1.165, 1.54) is 31.3 Å². The van der Waals surface area contributed by atoms with Gasteiger partial charge >= 0.3 is 5.97 Å². The Hall–Kier alpha value is -9.41. The molecule has 0 fully saturated rings. The molecule has 0 saturated carbocycles. The lowest BCUT2D eigenvalue weighted by atomic mass is 10.0. The van der Waals surface area contributed by atoms with Crippen molar-refractivity contribution in [2.45, 2.75) is 132 Å². The highest BCUT2D eigenvalue weighted by molar-refractivity contribution is 5.99. The molecule has 26 N–H and O–H groups in total. The minimum atomic E-state index is -2.11. The van der Waals surface area contributed by atoms with Gasteiger partial charge in [0.1, 0.15) is 54.1 Å². The molecule has 35 nitrogen and oxygen atoms in total. The van der Waals surface area contributed by atoms with Crippen LogP contribution in [0.4, 0.5) is 0 Å². The fraction of sp³-hybridized carbons (Fsp3) is 0.553. The van der Waals surface area contributed by atoms with Gasteiger partial charge in [0.05, 0.1) is 25.7 Å². The lowest BCUT2D eigenvalue weighted by Crippen LogP contribution is -2.62. The van der Waals surface area contributed by atoms with Crippen molar-refractivity contribution in [3.8, 4) is 5.75 Å². The van der Waals surface area contributed by atoms with Gasteiger partial charge in [-0.2, -0.15) is 0 Å². The predicted octanol–water partition coefficient (Wildman–Crippen LogP) is -9.82. The van der Waals surface area contributed by atoms with Crippen molar-refractivity contribution in [2.24, 2.45) is 44.4 Å². The number of aliphatic carboxylic acids is 1. The number of aliphatic hydroxyl groups is 2. The lowest BCUT2D eigenvalue weighted by Gasteiger charge is -2.28. The number of benzene rings is 1. The van der Waals surface area contributed by atoms with Crippen molar-refractivity contribution >= 4 is 88.8 Å². The largest absolute Gasteiger partial charge is 0.508 e. The second-order valence-electron chi connectivity index (χ2n) is 18.3. The number of likely N-dealkylation sites (N-methyl/N-ethyl adjacent to an activating group) is 1. The molecule has 0 aliphatic rings. The van der Waals surface area contributed by atoms with Gasteiger partial charge in [0, 0.05) is 46.3 Å². The van der Waals surface area contributed by atoms with Crippen LogP contribution < -0.4 is 87.6 Å². The molecule has 0 radical (unpaired) electrons. The fourth-order valence-corrected chi connectivity index (χ4v) is 7.22. The summed E-state index contributed by atoms with van der Waals surface area (Å²) in [4.78, 5) is 177. The number of aromatic hydroxyl groups is 1. The van der Waals surface area contributed by atoms with Crippen LogP contribution in [0.2, 0.25) is 0 Å². The maximum absolute atomic E-state index is 14.2. The van der Waals surface area contributed by atoms with Crippen molar-refractivity contribution in [3.05, 3.63) is 29.8 Å². The zero-order chi connectivity index (χ0) is 62.2. The summed E-state index contributed by atoms with van der Waals surface area (Å²) in [7, 11) is 1.29. The second kappa shape index (κ2) is 36.7. The van der Waals surface area contributed by atoms with Crippen molar-refractivity contribution in [2.75, 3.05) is 33.3 Å². The highest BCUT2D eigenvalue weighted by atomic mass is 16.4. The Morgan fingerprint density at radius 2 is 0.939 bits per heavy atom. The van der Waals surface area contributed by atoms with Crippen LogP contribution in [0.1, 0.15) is 77.2 Å². The Morgan fingerprint density at radius 3 is 1.35 bits per heavy atom. The third kappa shape index (κ3) is 28.5. The van der Waals surface area contributed by atoms with Gasteiger partial charge in [0.2, 0.25) is 70.9 Å². The van der Waals surface area contributed by atoms with E-state index >= 15 is 0 Å². The number of carboxylic acid groups (broad SMARTS) is 1. The molecule has 12 amide bonds. The quantitative estimate of drug-likeness (QED) is 0.0166. The first-order valence-corrected chi connectivity index (χ1v) is 25.3. The standard InChI is InChI=1S/C47H76N18O17/c1-22(67)37(65-43(80)31(19-36(73)74)63-44(81)32(21-66)64-39(76)26(6-4-16-55-46(50)51)58-35(72)20-57-23(2)68)45(82)61-27(7-5-17-56-47(52)53)40(77)59-28(12-14-33(48)70)41(78)60-29(13-15-34(49)71)42(79)62-30(38(75)54-3)18-24-8-10-25(69)11-9-24/h8-11,22,26-32,37,66-67,69H,4-7,12-21H2,1-3H3,(H2,48,70)(H2,49,71)(H,54,75)(H,57,68)(H,58,72)(H,59,77)(H,60,78)(H,61,82)(H,62,79)(H,63,81)(H,64,76)(H,65,80)(H,73,74)(H4,50,51,55)(H4,52,53,56)/t22-,26+,27+,28+,29+,30+,31+,32+,37+/m1/s1. The number of hydrogen-bond donors (Lipinski definition) is 20. The molecule has 0 aliphatic heterocycles. The molecule has 0 bridgehead atoms. The molecule has 0 unspecified atom stereocenters. The zero-order valence-corrected chi connectivity index (χ0v) is 45.4. The summed E-state index contributed by atoms with van der Waals surface area (Å²) in [6, 6.07) is -8.22. The smallest absolute Gasteiger partial charge is 0.305 e. The summed E-state index contributed by atoms with van der Waals surface area (Å²) >= 11 is 0. The lowest BCUT2D eigenvalue weighted by molar-refractivity contribution is -0.142. The number of carbonyl (C=O) groups is 13. The molecule has 9 atom stereocenters. The van der Waals surface area contributed by atoms with Gasteiger partial charge in [0.15, 0.2) is 11.9 Å². The van der Waals surface area contributed by atoms with Gasteiger partial charge in [-0.3, -0.25) is 72.3 Å². The van der Waals surface area contributed by atoms with Gasteiger partial charge in [-0.25, -0.2) is 0 Å². The minimum Gasteiger partial charge on any atom is -0.508 e. The first-order valence-electron chi connectivity index (χ1n) is 25.3. The van der Waals surface area contributed by atoms with E-state index in [0.717, 1.165) is 13.8 Å². The van der Waals surface area contributed by atoms with Crippen LogP contribution >= 0.6 is 0 Å². The van der Waals surface area contributed by atoms with E-state index in [-0.39, 0.29) is 62.9 Å². The monoisotopic (exact) mass is 1160 g/mol. The molecule has 456 valence electrons. The van der Waals surface area contributed by atoms with E-state index in [4.69, 9.17) is 34.4 Å². The van der Waals surface area contributed by atoms with Gasteiger partial charge in [-0.05, 0) is 63.1 Å². The minimum absolute atomic E-state index is 0.0127.